The molecular weight excluding hydrogens is 244 g/mol. The molecule has 5 heteroatoms. The van der Waals surface area contributed by atoms with E-state index in [4.69, 9.17) is 9.15 Å². The second kappa shape index (κ2) is 5.75. The number of furan rings is 1. The molecule has 3 atom stereocenters. The molecule has 3 heterocycles. The molecule has 1 aromatic rings. The molecule has 0 spiro atoms. The molecule has 0 saturated carbocycles. The first-order valence-corrected chi connectivity index (χ1v) is 6.94. The van der Waals surface area contributed by atoms with E-state index in [1.807, 2.05) is 12.1 Å². The third-order valence-electron chi connectivity index (χ3n) is 4.09. The monoisotopic (exact) mass is 264 g/mol. The van der Waals surface area contributed by atoms with Gasteiger partial charge in [0.25, 0.3) is 0 Å². The fraction of sp³-hybridized carbons (Fsp3) is 0.643. The van der Waals surface area contributed by atoms with Crippen molar-refractivity contribution in [3.05, 3.63) is 24.2 Å². The topological polar surface area (TPSA) is 63.5 Å². The largest absolute Gasteiger partial charge is 0.467 e. The standard InChI is InChI=1S/C14H20N2O3/c17-14(16-8-11-2-1-5-18-11)6-13-12-3-4-15-7-10(12)9-19-13/h1-2,5,10,12-13,15H,3-4,6-9H2,(H,16,17)/t10-,12-,13-/m1/s1. The van der Waals surface area contributed by atoms with Crippen LogP contribution in [0, 0.1) is 11.8 Å². The van der Waals surface area contributed by atoms with Crippen LogP contribution in [-0.4, -0.2) is 31.7 Å². The lowest BCUT2D eigenvalue weighted by atomic mass is 9.84. The SMILES string of the molecule is O=C(C[C@H]1OC[C@H]2CNCC[C@H]21)NCc1ccco1. The van der Waals surface area contributed by atoms with E-state index in [0.29, 0.717) is 24.8 Å². The van der Waals surface area contributed by atoms with Crippen molar-refractivity contribution in [3.8, 4) is 0 Å². The lowest BCUT2D eigenvalue weighted by Crippen LogP contribution is -2.39. The summed E-state index contributed by atoms with van der Waals surface area (Å²) in [6.07, 6.45) is 3.27. The maximum absolute atomic E-state index is 11.9. The number of ether oxygens (including phenoxy) is 1. The summed E-state index contributed by atoms with van der Waals surface area (Å²) in [4.78, 5) is 11.9. The first-order chi connectivity index (χ1) is 9.33. The normalized spacial score (nSPS) is 30.0. The molecule has 1 amide bonds. The third-order valence-corrected chi connectivity index (χ3v) is 4.09. The molecule has 104 valence electrons. The predicted octanol–water partition coefficient (Wildman–Crippen LogP) is 0.910. The minimum absolute atomic E-state index is 0.0422. The zero-order valence-corrected chi connectivity index (χ0v) is 10.9. The molecule has 2 fully saturated rings. The summed E-state index contributed by atoms with van der Waals surface area (Å²) in [6.45, 7) is 3.30. The fourth-order valence-electron chi connectivity index (χ4n) is 3.05. The van der Waals surface area contributed by atoms with Gasteiger partial charge in [-0.05, 0) is 31.0 Å². The lowest BCUT2D eigenvalue weighted by molar-refractivity contribution is -0.124. The van der Waals surface area contributed by atoms with Gasteiger partial charge in [0.05, 0.1) is 31.9 Å². The van der Waals surface area contributed by atoms with Crippen molar-refractivity contribution in [1.82, 2.24) is 10.6 Å². The Morgan fingerprint density at radius 1 is 1.53 bits per heavy atom. The Morgan fingerprint density at radius 3 is 3.32 bits per heavy atom. The smallest absolute Gasteiger partial charge is 0.222 e. The van der Waals surface area contributed by atoms with Gasteiger partial charge in [0.2, 0.25) is 5.91 Å². The quantitative estimate of drug-likeness (QED) is 0.848. The van der Waals surface area contributed by atoms with Crippen LogP contribution in [0.5, 0.6) is 0 Å². The van der Waals surface area contributed by atoms with E-state index in [0.717, 1.165) is 31.9 Å². The summed E-state index contributed by atoms with van der Waals surface area (Å²) in [5.74, 6) is 1.94. The first-order valence-electron chi connectivity index (χ1n) is 6.94. The molecule has 0 aliphatic carbocycles. The predicted molar refractivity (Wildman–Crippen MR) is 69.4 cm³/mol. The summed E-state index contributed by atoms with van der Waals surface area (Å²) in [5, 5.41) is 6.26. The van der Waals surface area contributed by atoms with Gasteiger partial charge in [0.15, 0.2) is 0 Å². The Bertz CT molecular complexity index is 418. The van der Waals surface area contributed by atoms with Gasteiger partial charge in [-0.15, -0.1) is 0 Å². The number of piperidine rings is 1. The fourth-order valence-corrected chi connectivity index (χ4v) is 3.05. The van der Waals surface area contributed by atoms with E-state index in [1.54, 1.807) is 6.26 Å². The number of carbonyl (C=O) groups excluding carboxylic acids is 1. The van der Waals surface area contributed by atoms with Gasteiger partial charge in [-0.1, -0.05) is 0 Å². The molecule has 19 heavy (non-hydrogen) atoms. The molecule has 3 rings (SSSR count). The van der Waals surface area contributed by atoms with Crippen molar-refractivity contribution in [3.63, 3.8) is 0 Å². The number of fused-ring (bicyclic) bond motifs is 1. The van der Waals surface area contributed by atoms with Gasteiger partial charge >= 0.3 is 0 Å². The number of amides is 1. The van der Waals surface area contributed by atoms with Gasteiger partial charge in [0.1, 0.15) is 5.76 Å². The number of hydrogen-bond donors (Lipinski definition) is 2. The number of hydrogen-bond acceptors (Lipinski definition) is 4. The lowest BCUT2D eigenvalue weighted by Gasteiger charge is -2.27. The zero-order valence-electron chi connectivity index (χ0n) is 10.9. The van der Waals surface area contributed by atoms with E-state index in [2.05, 4.69) is 10.6 Å². The summed E-state index contributed by atoms with van der Waals surface area (Å²) < 4.78 is 11.0. The van der Waals surface area contributed by atoms with Crippen LogP contribution in [-0.2, 0) is 16.1 Å². The Morgan fingerprint density at radius 2 is 2.47 bits per heavy atom. The van der Waals surface area contributed by atoms with Crippen LogP contribution in [0.2, 0.25) is 0 Å². The highest BCUT2D eigenvalue weighted by molar-refractivity contribution is 5.76. The van der Waals surface area contributed by atoms with Gasteiger partial charge in [-0.25, -0.2) is 0 Å². The highest BCUT2D eigenvalue weighted by atomic mass is 16.5. The molecular formula is C14H20N2O3. The Hall–Kier alpha value is -1.33. The van der Waals surface area contributed by atoms with Crippen LogP contribution in [0.1, 0.15) is 18.6 Å². The molecule has 0 bridgehead atoms. The molecule has 1 aromatic heterocycles. The van der Waals surface area contributed by atoms with Gasteiger partial charge < -0.3 is 19.8 Å². The number of carbonyl (C=O) groups is 1. The van der Waals surface area contributed by atoms with Crippen LogP contribution in [0.25, 0.3) is 0 Å². The van der Waals surface area contributed by atoms with E-state index in [1.165, 1.54) is 0 Å². The summed E-state index contributed by atoms with van der Waals surface area (Å²) in [6, 6.07) is 3.68. The van der Waals surface area contributed by atoms with E-state index in [-0.39, 0.29) is 12.0 Å². The molecule has 2 aliphatic rings. The molecule has 0 unspecified atom stereocenters. The summed E-state index contributed by atoms with van der Waals surface area (Å²) in [7, 11) is 0. The summed E-state index contributed by atoms with van der Waals surface area (Å²) >= 11 is 0. The second-order valence-corrected chi connectivity index (χ2v) is 5.35. The van der Waals surface area contributed by atoms with Crippen LogP contribution >= 0.6 is 0 Å². The van der Waals surface area contributed by atoms with E-state index in [9.17, 15) is 4.79 Å². The van der Waals surface area contributed by atoms with Crippen molar-refractivity contribution in [2.24, 2.45) is 11.8 Å². The Balaban J connectivity index is 1.47. The van der Waals surface area contributed by atoms with Gasteiger partial charge in [0, 0.05) is 12.5 Å². The van der Waals surface area contributed by atoms with Crippen molar-refractivity contribution >= 4 is 5.91 Å². The van der Waals surface area contributed by atoms with Crippen LogP contribution in [0.3, 0.4) is 0 Å². The van der Waals surface area contributed by atoms with Crippen molar-refractivity contribution in [2.45, 2.75) is 25.5 Å². The molecule has 0 aromatic carbocycles. The molecule has 2 saturated heterocycles. The minimum atomic E-state index is 0.0422. The average Bonchev–Trinajstić information content (AvgIpc) is 3.07. The van der Waals surface area contributed by atoms with Crippen molar-refractivity contribution in [1.29, 1.82) is 0 Å². The molecule has 2 aliphatic heterocycles. The highest BCUT2D eigenvalue weighted by Gasteiger charge is 2.39. The number of rotatable bonds is 4. The average molecular weight is 264 g/mol. The van der Waals surface area contributed by atoms with Crippen LogP contribution in [0.15, 0.2) is 22.8 Å². The third kappa shape index (κ3) is 2.98. The van der Waals surface area contributed by atoms with Crippen molar-refractivity contribution in [2.75, 3.05) is 19.7 Å². The highest BCUT2D eigenvalue weighted by Crippen LogP contribution is 2.33. The van der Waals surface area contributed by atoms with E-state index >= 15 is 0 Å². The van der Waals surface area contributed by atoms with Gasteiger partial charge in [-0.2, -0.15) is 0 Å². The van der Waals surface area contributed by atoms with Crippen molar-refractivity contribution < 1.29 is 13.9 Å². The Kier molecular flexibility index (Phi) is 3.84. The molecule has 0 radical (unpaired) electrons. The van der Waals surface area contributed by atoms with Gasteiger partial charge in [-0.3, -0.25) is 4.79 Å². The first kappa shape index (κ1) is 12.7. The number of nitrogens with one attached hydrogen (secondary N) is 2. The maximum atomic E-state index is 11.9. The molecule has 2 N–H and O–H groups in total. The Labute approximate surface area is 112 Å². The second-order valence-electron chi connectivity index (χ2n) is 5.35. The zero-order chi connectivity index (χ0) is 13.1. The molecule has 5 nitrogen and oxygen atoms in total. The summed E-state index contributed by atoms with van der Waals surface area (Å²) in [5.41, 5.74) is 0. The maximum Gasteiger partial charge on any atom is 0.222 e. The van der Waals surface area contributed by atoms with Crippen LogP contribution in [0.4, 0.5) is 0 Å². The minimum Gasteiger partial charge on any atom is -0.467 e. The van der Waals surface area contributed by atoms with E-state index < -0.39 is 0 Å². The van der Waals surface area contributed by atoms with Crippen LogP contribution < -0.4 is 10.6 Å².